The molecule has 1 aliphatic carbocycles. The monoisotopic (exact) mass is 326 g/mol. The number of hydrogen-bond donors (Lipinski definition) is 3. The highest BCUT2D eigenvalue weighted by Gasteiger charge is 2.25. The summed E-state index contributed by atoms with van der Waals surface area (Å²) in [4.78, 5) is 35.3. The van der Waals surface area contributed by atoms with Crippen LogP contribution in [0.1, 0.15) is 65.7 Å². The maximum atomic E-state index is 12.1. The molecular weight excluding hydrogens is 296 g/mol. The van der Waals surface area contributed by atoms with E-state index in [0.717, 1.165) is 12.8 Å². The molecule has 1 rings (SSSR count). The van der Waals surface area contributed by atoms with Crippen molar-refractivity contribution in [2.24, 2.45) is 11.8 Å². The van der Waals surface area contributed by atoms with E-state index >= 15 is 0 Å². The third-order valence-electron chi connectivity index (χ3n) is 4.29. The van der Waals surface area contributed by atoms with Crippen LogP contribution < -0.4 is 10.6 Å². The molecule has 0 aromatic carbocycles. The molecule has 0 heterocycles. The Bertz CT molecular complexity index is 417. The number of carbonyl (C=O) groups excluding carboxylic acids is 2. The van der Waals surface area contributed by atoms with E-state index in [1.54, 1.807) is 6.92 Å². The van der Waals surface area contributed by atoms with Gasteiger partial charge >= 0.3 is 5.97 Å². The number of rotatable bonds is 8. The van der Waals surface area contributed by atoms with Crippen molar-refractivity contribution in [2.75, 3.05) is 0 Å². The van der Waals surface area contributed by atoms with E-state index in [-0.39, 0.29) is 11.8 Å². The molecular formula is C17H30N2O4. The van der Waals surface area contributed by atoms with Gasteiger partial charge in [-0.15, -0.1) is 0 Å². The minimum atomic E-state index is -1.05. The Morgan fingerprint density at radius 2 is 1.65 bits per heavy atom. The van der Waals surface area contributed by atoms with E-state index < -0.39 is 24.0 Å². The molecule has 6 nitrogen and oxygen atoms in total. The van der Waals surface area contributed by atoms with E-state index in [4.69, 9.17) is 5.11 Å². The van der Waals surface area contributed by atoms with Crippen molar-refractivity contribution in [2.45, 2.75) is 77.8 Å². The third kappa shape index (κ3) is 7.48. The van der Waals surface area contributed by atoms with Crippen molar-refractivity contribution >= 4 is 17.8 Å². The molecule has 0 radical (unpaired) electrons. The normalized spacial score (nSPS) is 18.3. The van der Waals surface area contributed by atoms with Crippen molar-refractivity contribution in [3.05, 3.63) is 0 Å². The van der Waals surface area contributed by atoms with E-state index in [2.05, 4.69) is 10.6 Å². The van der Waals surface area contributed by atoms with Crippen molar-refractivity contribution in [3.63, 3.8) is 0 Å². The van der Waals surface area contributed by atoms with Gasteiger partial charge in [0.05, 0.1) is 0 Å². The highest BCUT2D eigenvalue weighted by atomic mass is 16.4. The van der Waals surface area contributed by atoms with Gasteiger partial charge in [0.2, 0.25) is 11.8 Å². The molecule has 1 aliphatic rings. The highest BCUT2D eigenvalue weighted by molar-refractivity contribution is 5.90. The Morgan fingerprint density at radius 3 is 2.17 bits per heavy atom. The molecule has 6 heteroatoms. The van der Waals surface area contributed by atoms with E-state index in [1.807, 2.05) is 13.8 Å². The minimum Gasteiger partial charge on any atom is -0.480 e. The molecule has 0 spiro atoms. The van der Waals surface area contributed by atoms with Gasteiger partial charge in [0.1, 0.15) is 12.1 Å². The SMILES string of the molecule is CC(C)C[C@@H](NC(=O)C(C)NC(=O)CC1CCCCC1)C(=O)O. The zero-order valence-corrected chi connectivity index (χ0v) is 14.4. The molecule has 0 aromatic rings. The quantitative estimate of drug-likeness (QED) is 0.636. The molecule has 0 saturated heterocycles. The molecule has 1 saturated carbocycles. The average Bonchev–Trinajstić information content (AvgIpc) is 2.46. The Hall–Kier alpha value is -1.59. The van der Waals surface area contributed by atoms with Crippen LogP contribution in [0, 0.1) is 11.8 Å². The van der Waals surface area contributed by atoms with Gasteiger partial charge in [0.15, 0.2) is 0 Å². The van der Waals surface area contributed by atoms with Crippen molar-refractivity contribution in [3.8, 4) is 0 Å². The lowest BCUT2D eigenvalue weighted by atomic mass is 9.87. The minimum absolute atomic E-state index is 0.129. The van der Waals surface area contributed by atoms with Gasteiger partial charge in [-0.05, 0) is 38.0 Å². The van der Waals surface area contributed by atoms with Crippen LogP contribution in [-0.2, 0) is 14.4 Å². The summed E-state index contributed by atoms with van der Waals surface area (Å²) in [6.07, 6.45) is 6.54. The maximum absolute atomic E-state index is 12.1. The van der Waals surface area contributed by atoms with Crippen LogP contribution in [-0.4, -0.2) is 35.0 Å². The fourth-order valence-corrected chi connectivity index (χ4v) is 3.01. The standard InChI is InChI=1S/C17H30N2O4/c1-11(2)9-14(17(22)23)19-16(21)12(3)18-15(20)10-13-7-5-4-6-8-13/h11-14H,4-10H2,1-3H3,(H,18,20)(H,19,21)(H,22,23)/t12?,14-/m1/s1. The second kappa shape index (κ2) is 9.53. The fourth-order valence-electron chi connectivity index (χ4n) is 3.01. The summed E-state index contributed by atoms with van der Waals surface area (Å²) in [7, 11) is 0. The highest BCUT2D eigenvalue weighted by Crippen LogP contribution is 2.26. The largest absolute Gasteiger partial charge is 0.480 e. The predicted octanol–water partition coefficient (Wildman–Crippen LogP) is 2.08. The summed E-state index contributed by atoms with van der Waals surface area (Å²) < 4.78 is 0. The Kier molecular flexibility index (Phi) is 8.06. The number of nitrogens with one attached hydrogen (secondary N) is 2. The van der Waals surface area contributed by atoms with Gasteiger partial charge in [0.25, 0.3) is 0 Å². The lowest BCUT2D eigenvalue weighted by molar-refractivity contribution is -0.142. The third-order valence-corrected chi connectivity index (χ3v) is 4.29. The first kappa shape index (κ1) is 19.5. The Balaban J connectivity index is 2.42. The fraction of sp³-hybridized carbons (Fsp3) is 0.824. The molecule has 0 bridgehead atoms. The number of hydrogen-bond acceptors (Lipinski definition) is 3. The van der Waals surface area contributed by atoms with Gasteiger partial charge in [-0.2, -0.15) is 0 Å². The van der Waals surface area contributed by atoms with Gasteiger partial charge < -0.3 is 15.7 Å². The van der Waals surface area contributed by atoms with Gasteiger partial charge in [0, 0.05) is 6.42 Å². The van der Waals surface area contributed by atoms with Gasteiger partial charge in [-0.25, -0.2) is 4.79 Å². The lowest BCUT2D eigenvalue weighted by Crippen LogP contribution is -2.50. The molecule has 3 N–H and O–H groups in total. The molecule has 23 heavy (non-hydrogen) atoms. The first-order valence-corrected chi connectivity index (χ1v) is 8.62. The van der Waals surface area contributed by atoms with Crippen LogP contribution in [0.15, 0.2) is 0 Å². The number of carboxylic acid groups (broad SMARTS) is 1. The molecule has 1 fully saturated rings. The summed E-state index contributed by atoms with van der Waals surface area (Å²) in [6, 6.07) is -1.64. The Morgan fingerprint density at radius 1 is 1.04 bits per heavy atom. The van der Waals surface area contributed by atoms with Crippen molar-refractivity contribution in [1.29, 1.82) is 0 Å². The molecule has 132 valence electrons. The molecule has 0 aliphatic heterocycles. The number of aliphatic carboxylic acids is 1. The average molecular weight is 326 g/mol. The topological polar surface area (TPSA) is 95.5 Å². The van der Waals surface area contributed by atoms with Crippen molar-refractivity contribution in [1.82, 2.24) is 10.6 Å². The molecule has 2 atom stereocenters. The first-order chi connectivity index (χ1) is 10.8. The molecule has 1 unspecified atom stereocenters. The summed E-state index contributed by atoms with van der Waals surface area (Å²) in [5.41, 5.74) is 0. The van der Waals surface area contributed by atoms with E-state index in [0.29, 0.717) is 18.8 Å². The maximum Gasteiger partial charge on any atom is 0.326 e. The summed E-state index contributed by atoms with van der Waals surface area (Å²) in [6.45, 7) is 5.39. The molecule has 0 aromatic heterocycles. The second-order valence-corrected chi connectivity index (χ2v) is 7.03. The van der Waals surface area contributed by atoms with E-state index in [1.165, 1.54) is 19.3 Å². The van der Waals surface area contributed by atoms with Crippen molar-refractivity contribution < 1.29 is 19.5 Å². The van der Waals surface area contributed by atoms with Gasteiger partial charge in [-0.1, -0.05) is 33.1 Å². The predicted molar refractivity (Wildman–Crippen MR) is 87.8 cm³/mol. The summed E-state index contributed by atoms with van der Waals surface area (Å²) in [5, 5.41) is 14.3. The summed E-state index contributed by atoms with van der Waals surface area (Å²) in [5.74, 6) is -1.06. The second-order valence-electron chi connectivity index (χ2n) is 7.03. The van der Waals surface area contributed by atoms with Crippen LogP contribution in [0.5, 0.6) is 0 Å². The van der Waals surface area contributed by atoms with E-state index in [9.17, 15) is 14.4 Å². The number of carbonyl (C=O) groups is 3. The first-order valence-electron chi connectivity index (χ1n) is 8.62. The van der Waals surface area contributed by atoms with Gasteiger partial charge in [-0.3, -0.25) is 9.59 Å². The smallest absolute Gasteiger partial charge is 0.326 e. The number of amides is 2. The number of carboxylic acids is 1. The van der Waals surface area contributed by atoms with Crippen LogP contribution >= 0.6 is 0 Å². The van der Waals surface area contributed by atoms with Crippen LogP contribution in [0.3, 0.4) is 0 Å². The zero-order chi connectivity index (χ0) is 17.4. The van der Waals surface area contributed by atoms with Crippen LogP contribution in [0.25, 0.3) is 0 Å². The lowest BCUT2D eigenvalue weighted by Gasteiger charge is -2.23. The molecule has 2 amide bonds. The summed E-state index contributed by atoms with van der Waals surface area (Å²) >= 11 is 0. The van der Waals surface area contributed by atoms with Crippen LogP contribution in [0.4, 0.5) is 0 Å². The Labute approximate surface area is 138 Å². The van der Waals surface area contributed by atoms with Crippen LogP contribution in [0.2, 0.25) is 0 Å². The zero-order valence-electron chi connectivity index (χ0n) is 14.4.